The minimum Gasteiger partial charge on any atom is -0.337 e. The molecule has 0 aromatic heterocycles. The highest BCUT2D eigenvalue weighted by atomic mass is 35.5. The first kappa shape index (κ1) is 20.3. The highest BCUT2D eigenvalue weighted by Gasteiger charge is 2.25. The molecule has 0 spiro atoms. The minimum absolute atomic E-state index is 0.197. The van der Waals surface area contributed by atoms with Crippen LogP contribution in [0.15, 0.2) is 36.4 Å². The molecule has 0 unspecified atom stereocenters. The number of halogens is 4. The lowest BCUT2D eigenvalue weighted by Gasteiger charge is -2.23. The number of nitrogens with zero attached hydrogens (tertiary/aromatic N) is 2. The van der Waals surface area contributed by atoms with Gasteiger partial charge in [-0.3, -0.25) is 9.59 Å². The number of carbonyl (C=O) groups excluding carboxylic acids is 2. The molecule has 0 aliphatic carbocycles. The summed E-state index contributed by atoms with van der Waals surface area (Å²) in [6.07, 6.45) is 0.647. The van der Waals surface area contributed by atoms with E-state index in [0.29, 0.717) is 63.8 Å². The minimum atomic E-state index is -0.197. The van der Waals surface area contributed by atoms with Crippen molar-refractivity contribution in [3.05, 3.63) is 67.6 Å². The molecule has 2 aromatic carbocycles. The van der Waals surface area contributed by atoms with Crippen LogP contribution in [-0.2, 0) is 0 Å². The van der Waals surface area contributed by atoms with E-state index in [2.05, 4.69) is 0 Å². The van der Waals surface area contributed by atoms with Crippen LogP contribution in [0.5, 0.6) is 0 Å². The third-order valence-electron chi connectivity index (χ3n) is 4.39. The van der Waals surface area contributed by atoms with E-state index in [1.165, 1.54) is 0 Å². The van der Waals surface area contributed by atoms with Gasteiger partial charge in [-0.05, 0) is 42.8 Å². The summed E-state index contributed by atoms with van der Waals surface area (Å²) in [5.74, 6) is -0.393. The van der Waals surface area contributed by atoms with Gasteiger partial charge in [0.2, 0.25) is 0 Å². The second-order valence-electron chi connectivity index (χ2n) is 6.19. The predicted octanol–water partition coefficient (Wildman–Crippen LogP) is 5.29. The Bertz CT molecular complexity index is 817. The summed E-state index contributed by atoms with van der Waals surface area (Å²) in [6.45, 7) is 1.83. The first-order chi connectivity index (χ1) is 12.9. The normalized spacial score (nSPS) is 14.8. The third-order valence-corrected chi connectivity index (χ3v) is 5.52. The van der Waals surface area contributed by atoms with Crippen LogP contribution in [0.3, 0.4) is 0 Å². The number of hydrogen-bond acceptors (Lipinski definition) is 2. The highest BCUT2D eigenvalue weighted by molar-refractivity contribution is 6.36. The summed E-state index contributed by atoms with van der Waals surface area (Å²) >= 11 is 24.3. The molecule has 1 saturated heterocycles. The Morgan fingerprint density at radius 2 is 1.07 bits per heavy atom. The van der Waals surface area contributed by atoms with Crippen molar-refractivity contribution in [2.24, 2.45) is 0 Å². The molecule has 0 N–H and O–H groups in total. The fourth-order valence-electron chi connectivity index (χ4n) is 2.99. The second kappa shape index (κ2) is 8.70. The smallest absolute Gasteiger partial charge is 0.255 e. The maximum atomic E-state index is 12.8. The van der Waals surface area contributed by atoms with Gasteiger partial charge in [0.05, 0.1) is 21.2 Å². The third kappa shape index (κ3) is 4.69. The van der Waals surface area contributed by atoms with Crippen molar-refractivity contribution in [3.8, 4) is 0 Å². The van der Waals surface area contributed by atoms with Gasteiger partial charge < -0.3 is 9.80 Å². The molecule has 1 aliphatic rings. The van der Waals surface area contributed by atoms with Crippen LogP contribution >= 0.6 is 46.4 Å². The maximum Gasteiger partial charge on any atom is 0.255 e. The van der Waals surface area contributed by atoms with E-state index in [1.807, 2.05) is 0 Å². The molecule has 2 amide bonds. The number of amides is 2. The Labute approximate surface area is 177 Å². The number of rotatable bonds is 2. The molecule has 0 radical (unpaired) electrons. The monoisotopic (exact) mass is 444 g/mol. The van der Waals surface area contributed by atoms with Gasteiger partial charge in [-0.25, -0.2) is 0 Å². The van der Waals surface area contributed by atoms with Gasteiger partial charge in [0.15, 0.2) is 0 Å². The SMILES string of the molecule is O=C(c1cc(Cl)ccc1Cl)N1CCCN(C(=O)c2cc(Cl)ccc2Cl)CC1. The molecule has 8 heteroatoms. The van der Waals surface area contributed by atoms with Crippen molar-refractivity contribution < 1.29 is 9.59 Å². The Balaban J connectivity index is 1.73. The van der Waals surface area contributed by atoms with Gasteiger partial charge in [-0.15, -0.1) is 0 Å². The molecule has 3 rings (SSSR count). The molecule has 0 atom stereocenters. The molecule has 142 valence electrons. The molecule has 1 heterocycles. The fourth-order valence-corrected chi connectivity index (χ4v) is 3.73. The molecular weight excluding hydrogens is 430 g/mol. The van der Waals surface area contributed by atoms with Crippen molar-refractivity contribution in [1.29, 1.82) is 0 Å². The first-order valence-corrected chi connectivity index (χ1v) is 9.86. The first-order valence-electron chi connectivity index (χ1n) is 8.35. The van der Waals surface area contributed by atoms with E-state index in [9.17, 15) is 9.59 Å². The predicted molar refractivity (Wildman–Crippen MR) is 109 cm³/mol. The Hall–Kier alpha value is -1.46. The van der Waals surface area contributed by atoms with E-state index in [4.69, 9.17) is 46.4 Å². The van der Waals surface area contributed by atoms with E-state index >= 15 is 0 Å². The van der Waals surface area contributed by atoms with E-state index < -0.39 is 0 Å². The van der Waals surface area contributed by atoms with Gasteiger partial charge in [0.25, 0.3) is 11.8 Å². The standard InChI is InChI=1S/C19H16Cl4N2O2/c20-12-2-4-16(22)14(10-12)18(26)24-6-1-7-25(9-8-24)19(27)15-11-13(21)3-5-17(15)23/h2-5,10-11H,1,6-9H2. The van der Waals surface area contributed by atoms with Crippen LogP contribution in [-0.4, -0.2) is 47.8 Å². The highest BCUT2D eigenvalue weighted by Crippen LogP contribution is 2.24. The van der Waals surface area contributed by atoms with E-state index in [-0.39, 0.29) is 11.8 Å². The fraction of sp³-hybridized carbons (Fsp3) is 0.263. The Kier molecular flexibility index (Phi) is 6.53. The van der Waals surface area contributed by atoms with Crippen molar-refractivity contribution >= 4 is 58.2 Å². The molecule has 1 aliphatic heterocycles. The van der Waals surface area contributed by atoms with Gasteiger partial charge in [-0.2, -0.15) is 0 Å². The van der Waals surface area contributed by atoms with Crippen LogP contribution in [0.4, 0.5) is 0 Å². The van der Waals surface area contributed by atoms with Crippen molar-refractivity contribution in [2.75, 3.05) is 26.2 Å². The number of benzene rings is 2. The largest absolute Gasteiger partial charge is 0.337 e. The average molecular weight is 446 g/mol. The molecule has 0 bridgehead atoms. The summed E-state index contributed by atoms with van der Waals surface area (Å²) in [7, 11) is 0. The van der Waals surface area contributed by atoms with Crippen molar-refractivity contribution in [1.82, 2.24) is 9.80 Å². The Morgan fingerprint density at radius 3 is 1.48 bits per heavy atom. The van der Waals surface area contributed by atoms with Crippen LogP contribution in [0.2, 0.25) is 20.1 Å². The van der Waals surface area contributed by atoms with Gasteiger partial charge in [0, 0.05) is 36.2 Å². The van der Waals surface area contributed by atoms with Gasteiger partial charge >= 0.3 is 0 Å². The second-order valence-corrected chi connectivity index (χ2v) is 7.87. The quantitative estimate of drug-likeness (QED) is 0.630. The van der Waals surface area contributed by atoms with E-state index in [1.54, 1.807) is 46.2 Å². The summed E-state index contributed by atoms with van der Waals surface area (Å²) in [4.78, 5) is 29.0. The van der Waals surface area contributed by atoms with Crippen LogP contribution in [0, 0.1) is 0 Å². The zero-order valence-electron chi connectivity index (χ0n) is 14.2. The molecule has 0 saturated carbocycles. The molecule has 2 aromatic rings. The number of carbonyl (C=O) groups is 2. The topological polar surface area (TPSA) is 40.6 Å². The molecular formula is C19H16Cl4N2O2. The van der Waals surface area contributed by atoms with Gasteiger partial charge in [-0.1, -0.05) is 46.4 Å². The lowest BCUT2D eigenvalue weighted by atomic mass is 10.2. The lowest BCUT2D eigenvalue weighted by Crippen LogP contribution is -2.37. The van der Waals surface area contributed by atoms with Gasteiger partial charge in [0.1, 0.15) is 0 Å². The van der Waals surface area contributed by atoms with Crippen LogP contribution < -0.4 is 0 Å². The van der Waals surface area contributed by atoms with Crippen molar-refractivity contribution in [3.63, 3.8) is 0 Å². The van der Waals surface area contributed by atoms with Crippen LogP contribution in [0.1, 0.15) is 27.1 Å². The molecule has 1 fully saturated rings. The van der Waals surface area contributed by atoms with Crippen LogP contribution in [0.25, 0.3) is 0 Å². The maximum absolute atomic E-state index is 12.8. The average Bonchev–Trinajstić information content (AvgIpc) is 2.91. The number of hydrogen-bond donors (Lipinski definition) is 0. The summed E-state index contributed by atoms with van der Waals surface area (Å²) in [6, 6.07) is 9.60. The summed E-state index contributed by atoms with van der Waals surface area (Å²) in [5.41, 5.74) is 0.726. The Morgan fingerprint density at radius 1 is 0.667 bits per heavy atom. The zero-order valence-corrected chi connectivity index (χ0v) is 17.2. The lowest BCUT2D eigenvalue weighted by molar-refractivity contribution is 0.0719. The van der Waals surface area contributed by atoms with Crippen molar-refractivity contribution in [2.45, 2.75) is 6.42 Å². The summed E-state index contributed by atoms with van der Waals surface area (Å²) < 4.78 is 0. The molecule has 27 heavy (non-hydrogen) atoms. The zero-order chi connectivity index (χ0) is 19.6. The summed E-state index contributed by atoms with van der Waals surface area (Å²) in [5, 5.41) is 1.61. The molecule has 4 nitrogen and oxygen atoms in total. The van der Waals surface area contributed by atoms with E-state index in [0.717, 1.165) is 0 Å².